The fraction of sp³-hybridized carbons (Fsp3) is 0.450. The molecule has 4 saturated heterocycles. The van der Waals surface area contributed by atoms with Gasteiger partial charge < -0.3 is 9.47 Å². The molecule has 5 heterocycles. The number of carbonyl (C=O) groups excluding carboxylic acids is 1. The summed E-state index contributed by atoms with van der Waals surface area (Å²) < 4.78 is 47.3. The molecule has 1 aromatic heterocycles. The Bertz CT molecular complexity index is 939. The van der Waals surface area contributed by atoms with Crippen LogP contribution in [0.3, 0.4) is 0 Å². The Morgan fingerprint density at radius 2 is 1.93 bits per heavy atom. The summed E-state index contributed by atoms with van der Waals surface area (Å²) in [6, 6.07) is 9.47. The first-order chi connectivity index (χ1) is 13.8. The molecule has 29 heavy (non-hydrogen) atoms. The Morgan fingerprint density at radius 3 is 2.62 bits per heavy atom. The molecule has 0 saturated carbocycles. The van der Waals surface area contributed by atoms with Crippen molar-refractivity contribution in [3.05, 3.63) is 36.4 Å². The molecule has 4 aliphatic heterocycles. The quantitative estimate of drug-likeness (QED) is 0.714. The standard InChI is InChI=1S/C20H19F3N2O3S/c21-20(22,23)27-15-3-1-2-13(10-15)16-4-5-17(29-16)25-12-19(28-18(25)26)11-24-8-6-14(19)7-9-24/h1-5,10,14H,6-9,11-12H2. The van der Waals surface area contributed by atoms with E-state index >= 15 is 0 Å². The van der Waals surface area contributed by atoms with Gasteiger partial charge in [0.1, 0.15) is 16.4 Å². The molecule has 2 bridgehead atoms. The Balaban J connectivity index is 1.37. The number of benzene rings is 1. The number of nitrogens with zero attached hydrogens (tertiary/aromatic N) is 2. The maximum Gasteiger partial charge on any atom is 0.573 e. The first kappa shape index (κ1) is 18.7. The van der Waals surface area contributed by atoms with Crippen LogP contribution in [0, 0.1) is 5.92 Å². The van der Waals surface area contributed by atoms with E-state index < -0.39 is 12.0 Å². The summed E-state index contributed by atoms with van der Waals surface area (Å²) in [5, 5.41) is 0.737. The van der Waals surface area contributed by atoms with Crippen LogP contribution in [-0.2, 0) is 4.74 Å². The minimum Gasteiger partial charge on any atom is -0.439 e. The monoisotopic (exact) mass is 424 g/mol. The molecular formula is C20H19F3N2O3S. The van der Waals surface area contributed by atoms with Gasteiger partial charge in [-0.15, -0.1) is 24.5 Å². The zero-order chi connectivity index (χ0) is 20.2. The van der Waals surface area contributed by atoms with Crippen LogP contribution in [0.1, 0.15) is 12.8 Å². The molecule has 1 unspecified atom stereocenters. The number of thiophene rings is 1. The van der Waals surface area contributed by atoms with Crippen molar-refractivity contribution in [2.24, 2.45) is 5.92 Å². The van der Waals surface area contributed by atoms with Gasteiger partial charge in [-0.05, 0) is 55.8 Å². The van der Waals surface area contributed by atoms with E-state index in [1.165, 1.54) is 29.5 Å². The van der Waals surface area contributed by atoms with Crippen LogP contribution >= 0.6 is 11.3 Å². The van der Waals surface area contributed by atoms with Gasteiger partial charge in [-0.1, -0.05) is 12.1 Å². The summed E-state index contributed by atoms with van der Waals surface area (Å²) in [6.45, 7) is 3.41. The van der Waals surface area contributed by atoms with Crippen molar-refractivity contribution in [2.75, 3.05) is 31.1 Å². The number of rotatable bonds is 3. The molecule has 154 valence electrons. The number of ether oxygens (including phenoxy) is 2. The average molecular weight is 424 g/mol. The van der Waals surface area contributed by atoms with Gasteiger partial charge in [0.25, 0.3) is 0 Å². The molecule has 1 atom stereocenters. The van der Waals surface area contributed by atoms with Crippen LogP contribution in [0.2, 0.25) is 0 Å². The smallest absolute Gasteiger partial charge is 0.439 e. The maximum atomic E-state index is 12.6. The molecule has 0 aliphatic carbocycles. The first-order valence-electron chi connectivity index (χ1n) is 9.50. The fourth-order valence-corrected chi connectivity index (χ4v) is 5.65. The van der Waals surface area contributed by atoms with Gasteiger partial charge in [-0.2, -0.15) is 0 Å². The number of hydrogen-bond acceptors (Lipinski definition) is 5. The van der Waals surface area contributed by atoms with Gasteiger partial charge in [-0.3, -0.25) is 9.80 Å². The summed E-state index contributed by atoms with van der Waals surface area (Å²) in [4.78, 5) is 17.4. The van der Waals surface area contributed by atoms with E-state index in [0.717, 1.165) is 42.4 Å². The van der Waals surface area contributed by atoms with Gasteiger partial charge in [0.15, 0.2) is 0 Å². The van der Waals surface area contributed by atoms with Crippen molar-refractivity contribution in [1.82, 2.24) is 4.90 Å². The zero-order valence-corrected chi connectivity index (χ0v) is 16.3. The highest BCUT2D eigenvalue weighted by molar-refractivity contribution is 7.19. The molecule has 6 rings (SSSR count). The molecule has 4 aliphatic rings. The second-order valence-electron chi connectivity index (χ2n) is 7.78. The van der Waals surface area contributed by atoms with E-state index in [-0.39, 0.29) is 11.8 Å². The number of hydrogen-bond donors (Lipinski definition) is 0. The van der Waals surface area contributed by atoms with Crippen molar-refractivity contribution in [1.29, 1.82) is 0 Å². The van der Waals surface area contributed by atoms with Gasteiger partial charge in [0.2, 0.25) is 0 Å². The summed E-state index contributed by atoms with van der Waals surface area (Å²) >= 11 is 1.36. The highest BCUT2D eigenvalue weighted by atomic mass is 32.1. The van der Waals surface area contributed by atoms with Gasteiger partial charge in [0.05, 0.1) is 6.54 Å². The number of piperidine rings is 3. The predicted molar refractivity (Wildman–Crippen MR) is 102 cm³/mol. The lowest BCUT2D eigenvalue weighted by Gasteiger charge is -2.49. The fourth-order valence-electron chi connectivity index (χ4n) is 4.66. The molecular weight excluding hydrogens is 405 g/mol. The van der Waals surface area contributed by atoms with Crippen LogP contribution < -0.4 is 9.64 Å². The number of fused-ring (bicyclic) bond motifs is 2. The SMILES string of the molecule is O=C1OC2(CN3CCC2CC3)CN1c1ccc(-c2cccc(OC(F)(F)F)c2)s1. The predicted octanol–water partition coefficient (Wildman–Crippen LogP) is 4.73. The third kappa shape index (κ3) is 3.46. The third-order valence-electron chi connectivity index (χ3n) is 5.97. The molecule has 4 fully saturated rings. The average Bonchev–Trinajstić information content (AvgIpc) is 3.27. The molecule has 0 N–H and O–H groups in total. The van der Waals surface area contributed by atoms with Crippen molar-refractivity contribution in [3.8, 4) is 16.2 Å². The van der Waals surface area contributed by atoms with E-state index in [2.05, 4.69) is 9.64 Å². The molecule has 5 nitrogen and oxygen atoms in total. The van der Waals surface area contributed by atoms with Crippen molar-refractivity contribution >= 4 is 22.4 Å². The van der Waals surface area contributed by atoms with Crippen molar-refractivity contribution in [3.63, 3.8) is 0 Å². The number of alkyl halides is 3. The molecule has 9 heteroatoms. The van der Waals surface area contributed by atoms with Crippen molar-refractivity contribution < 1.29 is 27.4 Å². The Morgan fingerprint density at radius 1 is 1.14 bits per heavy atom. The van der Waals surface area contributed by atoms with E-state index in [9.17, 15) is 18.0 Å². The third-order valence-corrected chi connectivity index (χ3v) is 7.13. The van der Waals surface area contributed by atoms with Crippen molar-refractivity contribution in [2.45, 2.75) is 24.8 Å². The van der Waals surface area contributed by atoms with E-state index in [4.69, 9.17) is 4.74 Å². The van der Waals surface area contributed by atoms with E-state index in [1.54, 1.807) is 11.0 Å². The second-order valence-corrected chi connectivity index (χ2v) is 8.85. The van der Waals surface area contributed by atoms with Gasteiger partial charge >= 0.3 is 12.5 Å². The Kier molecular flexibility index (Phi) is 4.29. The number of carbonyl (C=O) groups is 1. The number of anilines is 1. The maximum absolute atomic E-state index is 12.6. The van der Waals surface area contributed by atoms with Gasteiger partial charge in [-0.25, -0.2) is 4.79 Å². The minimum atomic E-state index is -4.73. The molecule has 1 aromatic carbocycles. The summed E-state index contributed by atoms with van der Waals surface area (Å²) in [5.41, 5.74) is 0.159. The summed E-state index contributed by atoms with van der Waals surface area (Å²) in [6.07, 6.45) is -2.99. The number of amides is 1. The van der Waals surface area contributed by atoms with E-state index in [1.807, 2.05) is 12.1 Å². The van der Waals surface area contributed by atoms with Crippen LogP contribution in [0.4, 0.5) is 23.0 Å². The highest BCUT2D eigenvalue weighted by Crippen LogP contribution is 2.45. The molecule has 1 spiro atoms. The topological polar surface area (TPSA) is 42.0 Å². The van der Waals surface area contributed by atoms with Crippen LogP contribution in [0.15, 0.2) is 36.4 Å². The van der Waals surface area contributed by atoms with Crippen LogP contribution in [0.25, 0.3) is 10.4 Å². The van der Waals surface area contributed by atoms with Crippen LogP contribution in [-0.4, -0.2) is 49.1 Å². The lowest BCUT2D eigenvalue weighted by atomic mass is 9.75. The minimum absolute atomic E-state index is 0.267. The summed E-state index contributed by atoms with van der Waals surface area (Å²) in [5.74, 6) is 0.119. The Labute approximate surface area is 169 Å². The lowest BCUT2D eigenvalue weighted by Crippen LogP contribution is -2.61. The number of halogens is 3. The summed E-state index contributed by atoms with van der Waals surface area (Å²) in [7, 11) is 0. The molecule has 1 amide bonds. The first-order valence-corrected chi connectivity index (χ1v) is 10.3. The van der Waals surface area contributed by atoms with Gasteiger partial charge in [0, 0.05) is 17.3 Å². The normalized spacial score (nSPS) is 28.8. The second kappa shape index (κ2) is 6.63. The Hall–Kier alpha value is -2.26. The lowest BCUT2D eigenvalue weighted by molar-refractivity contribution is -0.274. The zero-order valence-electron chi connectivity index (χ0n) is 15.4. The largest absolute Gasteiger partial charge is 0.573 e. The molecule has 2 aromatic rings. The van der Waals surface area contributed by atoms with E-state index in [0.29, 0.717) is 18.0 Å². The van der Waals surface area contributed by atoms with Crippen LogP contribution in [0.5, 0.6) is 5.75 Å². The highest BCUT2D eigenvalue weighted by Gasteiger charge is 2.55. The molecule has 0 radical (unpaired) electrons.